The summed E-state index contributed by atoms with van der Waals surface area (Å²) >= 11 is 0. The third-order valence-corrected chi connectivity index (χ3v) is 1.84. The number of carboxylic acids is 1. The quantitative estimate of drug-likeness (QED) is 0.774. The second-order valence-corrected chi connectivity index (χ2v) is 2.89. The lowest BCUT2D eigenvalue weighted by molar-refractivity contribution is 0.0693. The van der Waals surface area contributed by atoms with Crippen LogP contribution in [0.15, 0.2) is 30.0 Å². The Bertz CT molecular complexity index is 551. The molecule has 1 rings (SSSR count). The zero-order valence-corrected chi connectivity index (χ0v) is 8.44. The molecule has 6 heteroatoms. The Kier molecular flexibility index (Phi) is 3.80. The van der Waals surface area contributed by atoms with Crippen molar-refractivity contribution in [1.29, 1.82) is 10.5 Å². The van der Waals surface area contributed by atoms with Crippen LogP contribution in [0.2, 0.25) is 0 Å². The summed E-state index contributed by atoms with van der Waals surface area (Å²) in [5, 5.41) is 28.1. The van der Waals surface area contributed by atoms with Crippen LogP contribution in [0.5, 0.6) is 0 Å². The number of aromatic carboxylic acids is 1. The van der Waals surface area contributed by atoms with Gasteiger partial charge in [-0.1, -0.05) is 6.07 Å². The fraction of sp³-hybridized carbons (Fsp3) is 0. The first kappa shape index (κ1) is 12.2. The zero-order chi connectivity index (χ0) is 12.8. The highest BCUT2D eigenvalue weighted by atomic mass is 19.1. The molecule has 1 aromatic carbocycles. The van der Waals surface area contributed by atoms with Crippen molar-refractivity contribution in [2.24, 2.45) is 0 Å². The normalized spacial score (nSPS) is 8.65. The average Bonchev–Trinajstić information content (AvgIpc) is 2.29. The molecule has 0 aromatic heterocycles. The van der Waals surface area contributed by atoms with Crippen LogP contribution < -0.4 is 5.32 Å². The Morgan fingerprint density at radius 1 is 1.41 bits per heavy atom. The van der Waals surface area contributed by atoms with E-state index in [2.05, 4.69) is 5.32 Å². The molecule has 0 atom stereocenters. The van der Waals surface area contributed by atoms with Crippen LogP contribution in [0.25, 0.3) is 0 Å². The predicted molar refractivity (Wildman–Crippen MR) is 56.3 cm³/mol. The van der Waals surface area contributed by atoms with Crippen molar-refractivity contribution in [1.82, 2.24) is 0 Å². The molecule has 0 saturated carbocycles. The second-order valence-electron chi connectivity index (χ2n) is 2.89. The molecule has 5 nitrogen and oxygen atoms in total. The van der Waals surface area contributed by atoms with Crippen LogP contribution in [0.1, 0.15) is 10.4 Å². The molecule has 17 heavy (non-hydrogen) atoms. The van der Waals surface area contributed by atoms with E-state index in [0.29, 0.717) is 0 Å². The number of carboxylic acid groups (broad SMARTS) is 1. The van der Waals surface area contributed by atoms with E-state index in [0.717, 1.165) is 12.3 Å². The number of anilines is 1. The van der Waals surface area contributed by atoms with Crippen molar-refractivity contribution in [3.8, 4) is 12.1 Å². The smallest absolute Gasteiger partial charge is 0.340 e. The number of nitrogens with one attached hydrogen (secondary N) is 1. The Labute approximate surface area is 96.0 Å². The highest BCUT2D eigenvalue weighted by molar-refractivity contribution is 5.94. The first-order valence-corrected chi connectivity index (χ1v) is 4.39. The summed E-state index contributed by atoms with van der Waals surface area (Å²) in [5.74, 6) is -2.33. The summed E-state index contributed by atoms with van der Waals surface area (Å²) in [4.78, 5) is 10.8. The maximum absolute atomic E-state index is 13.2. The Hall–Kier alpha value is -2.86. The van der Waals surface area contributed by atoms with Crippen LogP contribution in [-0.4, -0.2) is 11.1 Å². The van der Waals surface area contributed by atoms with E-state index in [4.69, 9.17) is 15.6 Å². The third-order valence-electron chi connectivity index (χ3n) is 1.84. The molecule has 2 N–H and O–H groups in total. The third kappa shape index (κ3) is 2.80. The summed E-state index contributed by atoms with van der Waals surface area (Å²) in [6.07, 6.45) is 1.02. The highest BCUT2D eigenvalue weighted by Crippen LogP contribution is 2.19. The summed E-state index contributed by atoms with van der Waals surface area (Å²) in [7, 11) is 0. The molecule has 1 aromatic rings. The van der Waals surface area contributed by atoms with Crippen molar-refractivity contribution >= 4 is 11.7 Å². The first-order chi connectivity index (χ1) is 8.10. The molecule has 0 radical (unpaired) electrons. The Morgan fingerprint density at radius 2 is 2.06 bits per heavy atom. The lowest BCUT2D eigenvalue weighted by Gasteiger charge is -2.05. The topological polar surface area (TPSA) is 96.9 Å². The zero-order valence-electron chi connectivity index (χ0n) is 8.44. The molecule has 0 bridgehead atoms. The van der Waals surface area contributed by atoms with Crippen molar-refractivity contribution in [3.63, 3.8) is 0 Å². The van der Waals surface area contributed by atoms with Gasteiger partial charge in [-0.2, -0.15) is 10.5 Å². The molecule has 0 aliphatic carbocycles. The highest BCUT2D eigenvalue weighted by Gasteiger charge is 2.14. The number of carbonyl (C=O) groups is 1. The number of hydrogen-bond acceptors (Lipinski definition) is 4. The number of nitriles is 2. The van der Waals surface area contributed by atoms with Crippen molar-refractivity contribution < 1.29 is 14.3 Å². The van der Waals surface area contributed by atoms with Gasteiger partial charge < -0.3 is 10.4 Å². The lowest BCUT2D eigenvalue weighted by atomic mass is 10.1. The Morgan fingerprint density at radius 3 is 2.59 bits per heavy atom. The number of nitrogens with zero attached hydrogens (tertiary/aromatic N) is 2. The van der Waals surface area contributed by atoms with Crippen LogP contribution >= 0.6 is 0 Å². The van der Waals surface area contributed by atoms with Gasteiger partial charge in [-0.05, 0) is 12.1 Å². The number of hydrogen-bond donors (Lipinski definition) is 2. The van der Waals surface area contributed by atoms with E-state index in [9.17, 15) is 9.18 Å². The van der Waals surface area contributed by atoms with Gasteiger partial charge in [0.1, 0.15) is 29.1 Å². The Balaban J connectivity index is 3.14. The molecule has 0 aliphatic heterocycles. The van der Waals surface area contributed by atoms with Crippen molar-refractivity contribution in [2.75, 3.05) is 5.32 Å². The van der Waals surface area contributed by atoms with E-state index in [-0.39, 0.29) is 11.3 Å². The molecule has 0 saturated heterocycles. The van der Waals surface area contributed by atoms with Crippen LogP contribution in [-0.2, 0) is 0 Å². The van der Waals surface area contributed by atoms with Gasteiger partial charge >= 0.3 is 5.97 Å². The molecular formula is C11H6FN3O2. The van der Waals surface area contributed by atoms with Gasteiger partial charge in [0.25, 0.3) is 0 Å². The lowest BCUT2D eigenvalue weighted by Crippen LogP contribution is -2.05. The van der Waals surface area contributed by atoms with E-state index in [1.54, 1.807) is 12.1 Å². The molecule has 0 aliphatic rings. The number of rotatable bonds is 3. The fourth-order valence-electron chi connectivity index (χ4n) is 1.10. The molecule has 0 amide bonds. The number of benzene rings is 1. The van der Waals surface area contributed by atoms with Gasteiger partial charge in [0, 0.05) is 6.20 Å². The van der Waals surface area contributed by atoms with E-state index < -0.39 is 17.3 Å². The first-order valence-electron chi connectivity index (χ1n) is 4.39. The van der Waals surface area contributed by atoms with Gasteiger partial charge in [0.05, 0.1) is 5.69 Å². The monoisotopic (exact) mass is 231 g/mol. The summed E-state index contributed by atoms with van der Waals surface area (Å²) in [6, 6.07) is 6.82. The van der Waals surface area contributed by atoms with Crippen molar-refractivity contribution in [3.05, 3.63) is 41.4 Å². The van der Waals surface area contributed by atoms with E-state index in [1.165, 1.54) is 12.1 Å². The van der Waals surface area contributed by atoms with Crippen LogP contribution in [0.4, 0.5) is 10.1 Å². The SMILES string of the molecule is N#CC(C#N)=CNc1cccc(F)c1C(=O)O. The largest absolute Gasteiger partial charge is 0.478 e. The minimum Gasteiger partial charge on any atom is -0.478 e. The van der Waals surface area contributed by atoms with Gasteiger partial charge in [0.2, 0.25) is 0 Å². The maximum atomic E-state index is 13.2. The molecule has 84 valence electrons. The standard InChI is InChI=1S/C11H6FN3O2/c12-8-2-1-3-9(10(8)11(16)17)15-6-7(4-13)5-14/h1-3,6,15H,(H,16,17). The van der Waals surface area contributed by atoms with Crippen molar-refractivity contribution in [2.45, 2.75) is 0 Å². The predicted octanol–water partition coefficient (Wildman–Crippen LogP) is 1.87. The van der Waals surface area contributed by atoms with Gasteiger partial charge in [0.15, 0.2) is 0 Å². The average molecular weight is 231 g/mol. The number of halogens is 1. The molecule has 0 fully saturated rings. The van der Waals surface area contributed by atoms with Crippen LogP contribution in [0, 0.1) is 28.5 Å². The van der Waals surface area contributed by atoms with Crippen LogP contribution in [0.3, 0.4) is 0 Å². The molecule has 0 spiro atoms. The summed E-state index contributed by atoms with van der Waals surface area (Å²) < 4.78 is 13.2. The molecule has 0 unspecified atom stereocenters. The summed E-state index contributed by atoms with van der Waals surface area (Å²) in [5.41, 5.74) is -0.815. The summed E-state index contributed by atoms with van der Waals surface area (Å²) in [6.45, 7) is 0. The fourth-order valence-corrected chi connectivity index (χ4v) is 1.10. The van der Waals surface area contributed by atoms with E-state index >= 15 is 0 Å². The second kappa shape index (κ2) is 5.29. The number of allylic oxidation sites excluding steroid dienone is 1. The minimum atomic E-state index is -1.44. The van der Waals surface area contributed by atoms with Gasteiger partial charge in [-0.3, -0.25) is 0 Å². The van der Waals surface area contributed by atoms with Gasteiger partial charge in [-0.25, -0.2) is 9.18 Å². The molecule has 0 heterocycles. The molecular weight excluding hydrogens is 225 g/mol. The van der Waals surface area contributed by atoms with Gasteiger partial charge in [-0.15, -0.1) is 0 Å². The minimum absolute atomic E-state index is 0.0273. The maximum Gasteiger partial charge on any atom is 0.340 e. The van der Waals surface area contributed by atoms with E-state index in [1.807, 2.05) is 0 Å².